The van der Waals surface area contributed by atoms with Crippen LogP contribution >= 0.6 is 0 Å². The smallest absolute Gasteiger partial charge is 0.407 e. The molecule has 1 fully saturated rings. The summed E-state index contributed by atoms with van der Waals surface area (Å²) in [5.74, 6) is -0.897. The molecule has 0 aliphatic carbocycles. The minimum atomic E-state index is -0.623. The molecular weight excluding hydrogens is 252 g/mol. The maximum absolute atomic E-state index is 12.2. The number of amides is 2. The van der Waals surface area contributed by atoms with Gasteiger partial charge in [-0.15, -0.1) is 0 Å². The van der Waals surface area contributed by atoms with Crippen LogP contribution in [0.4, 0.5) is 4.79 Å². The van der Waals surface area contributed by atoms with Crippen LogP contribution in [0.1, 0.15) is 19.8 Å². The number of carbonyl (C=O) groups excluding carboxylic acids is 2. The molecule has 8 heteroatoms. The fourth-order valence-corrected chi connectivity index (χ4v) is 2.10. The van der Waals surface area contributed by atoms with Crippen molar-refractivity contribution in [1.29, 1.82) is 0 Å². The van der Waals surface area contributed by atoms with Gasteiger partial charge in [-0.2, -0.15) is 0 Å². The zero-order chi connectivity index (χ0) is 14.4. The van der Waals surface area contributed by atoms with Crippen molar-refractivity contribution in [2.75, 3.05) is 20.2 Å². The number of carbonyl (C=O) groups is 2. The lowest BCUT2D eigenvalue weighted by atomic mass is 10.0. The first kappa shape index (κ1) is 15.1. The van der Waals surface area contributed by atoms with E-state index in [4.69, 9.17) is 10.9 Å². The van der Waals surface area contributed by atoms with E-state index in [-0.39, 0.29) is 17.8 Å². The van der Waals surface area contributed by atoms with Crippen molar-refractivity contribution in [1.82, 2.24) is 10.2 Å². The highest BCUT2D eigenvalue weighted by Crippen LogP contribution is 2.15. The minimum Gasteiger partial charge on any atom is -0.453 e. The fraction of sp³-hybridized carbons (Fsp3) is 0.727. The molecule has 1 aliphatic heterocycles. The van der Waals surface area contributed by atoms with Gasteiger partial charge in [-0.1, -0.05) is 12.1 Å². The van der Waals surface area contributed by atoms with Crippen LogP contribution in [0.15, 0.2) is 5.16 Å². The van der Waals surface area contributed by atoms with Gasteiger partial charge in [0.1, 0.15) is 0 Å². The number of methoxy groups -OCH3 is 1. The van der Waals surface area contributed by atoms with E-state index in [0.29, 0.717) is 25.9 Å². The maximum Gasteiger partial charge on any atom is 0.407 e. The number of ether oxygens (including phenoxy) is 1. The topological polar surface area (TPSA) is 117 Å². The molecule has 2 unspecified atom stereocenters. The van der Waals surface area contributed by atoms with Gasteiger partial charge in [-0.25, -0.2) is 4.79 Å². The van der Waals surface area contributed by atoms with Crippen molar-refractivity contribution < 1.29 is 19.5 Å². The van der Waals surface area contributed by atoms with Gasteiger partial charge >= 0.3 is 6.09 Å². The molecule has 0 aromatic heterocycles. The highest BCUT2D eigenvalue weighted by molar-refractivity contribution is 6.02. The third kappa shape index (κ3) is 3.73. The van der Waals surface area contributed by atoms with Crippen molar-refractivity contribution >= 4 is 17.8 Å². The molecular formula is C11H20N4O4. The van der Waals surface area contributed by atoms with Crippen molar-refractivity contribution in [2.24, 2.45) is 16.8 Å². The Bertz CT molecular complexity index is 372. The first-order valence-electron chi connectivity index (χ1n) is 6.14. The van der Waals surface area contributed by atoms with E-state index in [0.717, 1.165) is 0 Å². The number of hydrogen-bond donors (Lipinski definition) is 3. The Morgan fingerprint density at radius 1 is 1.63 bits per heavy atom. The van der Waals surface area contributed by atoms with E-state index in [1.807, 2.05) is 0 Å². The van der Waals surface area contributed by atoms with Gasteiger partial charge < -0.3 is 25.9 Å². The van der Waals surface area contributed by atoms with Crippen molar-refractivity contribution in [3.05, 3.63) is 0 Å². The monoisotopic (exact) mass is 272 g/mol. The van der Waals surface area contributed by atoms with E-state index in [1.54, 1.807) is 11.8 Å². The number of amidine groups is 1. The van der Waals surface area contributed by atoms with Crippen LogP contribution in [0.3, 0.4) is 0 Å². The number of nitrogens with two attached hydrogens (primary N) is 1. The SMILES string of the molecule is CCC(C(=O)N1CCC(NC(=O)OC)C1)C(N)=NO. The Kier molecular flexibility index (Phi) is 5.40. The highest BCUT2D eigenvalue weighted by Gasteiger charge is 2.32. The van der Waals surface area contributed by atoms with Crippen molar-refractivity contribution in [3.63, 3.8) is 0 Å². The van der Waals surface area contributed by atoms with Gasteiger partial charge in [0, 0.05) is 13.1 Å². The Morgan fingerprint density at radius 3 is 2.84 bits per heavy atom. The molecule has 0 bridgehead atoms. The number of hydrogen-bond acceptors (Lipinski definition) is 5. The lowest BCUT2D eigenvalue weighted by molar-refractivity contribution is -0.132. The zero-order valence-electron chi connectivity index (χ0n) is 11.1. The summed E-state index contributed by atoms with van der Waals surface area (Å²) in [6, 6.07) is -0.124. The molecule has 0 saturated carbocycles. The number of rotatable bonds is 4. The third-order valence-corrected chi connectivity index (χ3v) is 3.19. The van der Waals surface area contributed by atoms with Gasteiger partial charge in [-0.3, -0.25) is 4.79 Å². The molecule has 0 radical (unpaired) electrons. The van der Waals surface area contributed by atoms with E-state index >= 15 is 0 Å². The maximum atomic E-state index is 12.2. The predicted molar refractivity (Wildman–Crippen MR) is 67.7 cm³/mol. The summed E-state index contributed by atoms with van der Waals surface area (Å²) in [4.78, 5) is 24.9. The molecule has 1 rings (SSSR count). The normalized spacial score (nSPS) is 21.1. The number of nitrogens with one attached hydrogen (secondary N) is 1. The molecule has 0 spiro atoms. The van der Waals surface area contributed by atoms with Gasteiger partial charge in [0.2, 0.25) is 5.91 Å². The molecule has 0 aromatic rings. The lowest BCUT2D eigenvalue weighted by Crippen LogP contribution is -2.43. The highest BCUT2D eigenvalue weighted by atomic mass is 16.5. The Labute approximate surface area is 111 Å². The van der Waals surface area contributed by atoms with Gasteiger partial charge in [0.15, 0.2) is 5.84 Å². The summed E-state index contributed by atoms with van der Waals surface area (Å²) in [5, 5.41) is 14.2. The zero-order valence-corrected chi connectivity index (χ0v) is 11.1. The quantitative estimate of drug-likeness (QED) is 0.281. The van der Waals surface area contributed by atoms with Crippen molar-refractivity contribution in [2.45, 2.75) is 25.8 Å². The van der Waals surface area contributed by atoms with Crippen LogP contribution < -0.4 is 11.1 Å². The first-order valence-corrected chi connectivity index (χ1v) is 6.14. The lowest BCUT2D eigenvalue weighted by Gasteiger charge is -2.21. The summed E-state index contributed by atoms with van der Waals surface area (Å²) in [6.07, 6.45) is 0.608. The molecule has 108 valence electrons. The fourth-order valence-electron chi connectivity index (χ4n) is 2.10. The van der Waals surface area contributed by atoms with Gasteiger partial charge in [0.05, 0.1) is 19.1 Å². The summed E-state index contributed by atoms with van der Waals surface area (Å²) < 4.78 is 4.51. The van der Waals surface area contributed by atoms with E-state index in [9.17, 15) is 9.59 Å². The molecule has 1 aliphatic rings. The molecule has 1 saturated heterocycles. The number of alkyl carbamates (subject to hydrolysis) is 1. The molecule has 2 atom stereocenters. The van der Waals surface area contributed by atoms with Crippen LogP contribution in [0.25, 0.3) is 0 Å². The largest absolute Gasteiger partial charge is 0.453 e. The summed E-state index contributed by atoms with van der Waals surface area (Å²) in [5.41, 5.74) is 5.50. The molecule has 2 amide bonds. The van der Waals surface area contributed by atoms with Crippen LogP contribution in [-0.4, -0.2) is 54.2 Å². The molecule has 8 nitrogen and oxygen atoms in total. The Hall–Kier alpha value is -1.99. The third-order valence-electron chi connectivity index (χ3n) is 3.19. The van der Waals surface area contributed by atoms with Crippen LogP contribution in [0.5, 0.6) is 0 Å². The second kappa shape index (κ2) is 6.81. The molecule has 1 heterocycles. The second-order valence-corrected chi connectivity index (χ2v) is 4.39. The summed E-state index contributed by atoms with van der Waals surface area (Å²) >= 11 is 0. The summed E-state index contributed by atoms with van der Waals surface area (Å²) in [6.45, 7) is 2.73. The van der Waals surface area contributed by atoms with Crippen LogP contribution in [0.2, 0.25) is 0 Å². The average molecular weight is 272 g/mol. The van der Waals surface area contributed by atoms with Crippen LogP contribution in [0, 0.1) is 5.92 Å². The number of likely N-dealkylation sites (tertiary alicyclic amines) is 1. The van der Waals surface area contributed by atoms with E-state index in [2.05, 4.69) is 15.2 Å². The number of oxime groups is 1. The first-order chi connectivity index (χ1) is 9.03. The minimum absolute atomic E-state index is 0.0862. The van der Waals surface area contributed by atoms with Crippen molar-refractivity contribution in [3.8, 4) is 0 Å². The average Bonchev–Trinajstić information content (AvgIpc) is 2.87. The van der Waals surface area contributed by atoms with E-state index < -0.39 is 12.0 Å². The van der Waals surface area contributed by atoms with Gasteiger partial charge in [-0.05, 0) is 12.8 Å². The second-order valence-electron chi connectivity index (χ2n) is 4.39. The molecule has 4 N–H and O–H groups in total. The predicted octanol–water partition coefficient (Wildman–Crippen LogP) is -0.284. The van der Waals surface area contributed by atoms with Crippen LogP contribution in [-0.2, 0) is 9.53 Å². The van der Waals surface area contributed by atoms with Gasteiger partial charge in [0.25, 0.3) is 0 Å². The molecule has 0 aromatic carbocycles. The molecule has 19 heavy (non-hydrogen) atoms. The van der Waals surface area contributed by atoms with E-state index in [1.165, 1.54) is 7.11 Å². The number of nitrogens with zero attached hydrogens (tertiary/aromatic N) is 2. The standard InChI is InChI=1S/C11H20N4O4/c1-3-8(9(12)14-18)10(16)15-5-4-7(6-15)13-11(17)19-2/h7-8,18H,3-6H2,1-2H3,(H2,12,14)(H,13,17). The Morgan fingerprint density at radius 2 is 2.32 bits per heavy atom. The summed E-state index contributed by atoms with van der Waals surface area (Å²) in [7, 11) is 1.29. The Balaban J connectivity index is 2.58.